The lowest BCUT2D eigenvalue weighted by Crippen LogP contribution is -2.32. The SMILES string of the molecule is CCOc1ccc(CNC(=O)C2CC(=O)N(c3ccc4c(c3)CCC4)C2)cc1OC. The Morgan fingerprint density at radius 1 is 1.13 bits per heavy atom. The van der Waals surface area contributed by atoms with Gasteiger partial charge in [0.25, 0.3) is 0 Å². The summed E-state index contributed by atoms with van der Waals surface area (Å²) in [5.41, 5.74) is 4.54. The van der Waals surface area contributed by atoms with Crippen molar-refractivity contribution in [2.75, 3.05) is 25.2 Å². The molecule has 2 aliphatic rings. The summed E-state index contributed by atoms with van der Waals surface area (Å²) in [6.07, 6.45) is 3.61. The molecule has 0 spiro atoms. The van der Waals surface area contributed by atoms with Gasteiger partial charge in [0.05, 0.1) is 19.6 Å². The number of fused-ring (bicyclic) bond motifs is 1. The minimum absolute atomic E-state index is 0.0100. The topological polar surface area (TPSA) is 67.9 Å². The average Bonchev–Trinajstić information content (AvgIpc) is 3.38. The number of amides is 2. The number of carbonyl (C=O) groups excluding carboxylic acids is 2. The third-order valence-corrected chi connectivity index (χ3v) is 5.88. The van der Waals surface area contributed by atoms with Gasteiger partial charge in [-0.3, -0.25) is 9.59 Å². The Balaban J connectivity index is 1.37. The van der Waals surface area contributed by atoms with Crippen LogP contribution in [0.2, 0.25) is 0 Å². The summed E-state index contributed by atoms with van der Waals surface area (Å²) in [5, 5.41) is 2.96. The molecule has 2 aromatic carbocycles. The molecular formula is C24H28N2O4. The molecule has 4 rings (SSSR count). The largest absolute Gasteiger partial charge is 0.493 e. The highest BCUT2D eigenvalue weighted by atomic mass is 16.5. The molecule has 2 aromatic rings. The van der Waals surface area contributed by atoms with E-state index in [0.717, 1.165) is 24.1 Å². The van der Waals surface area contributed by atoms with Crippen molar-refractivity contribution in [2.24, 2.45) is 5.92 Å². The summed E-state index contributed by atoms with van der Waals surface area (Å²) >= 11 is 0. The standard InChI is InChI=1S/C24H28N2O4/c1-3-30-21-10-7-16(11-22(21)29-2)14-25-24(28)19-13-23(27)26(15-19)20-9-8-17-5-4-6-18(17)12-20/h7-12,19H,3-6,13-15H2,1-2H3,(H,25,28). The van der Waals surface area contributed by atoms with Crippen molar-refractivity contribution in [2.45, 2.75) is 39.2 Å². The number of benzene rings is 2. The second-order valence-corrected chi connectivity index (χ2v) is 7.85. The van der Waals surface area contributed by atoms with Gasteiger partial charge in [0.1, 0.15) is 0 Å². The monoisotopic (exact) mass is 408 g/mol. The quantitative estimate of drug-likeness (QED) is 0.764. The number of anilines is 1. The van der Waals surface area contributed by atoms with Gasteiger partial charge in [0, 0.05) is 25.2 Å². The highest BCUT2D eigenvalue weighted by Crippen LogP contribution is 2.31. The van der Waals surface area contributed by atoms with Gasteiger partial charge in [0.15, 0.2) is 11.5 Å². The van der Waals surface area contributed by atoms with E-state index < -0.39 is 0 Å². The van der Waals surface area contributed by atoms with Gasteiger partial charge >= 0.3 is 0 Å². The molecule has 1 aliphatic heterocycles. The van der Waals surface area contributed by atoms with Crippen molar-refractivity contribution in [1.29, 1.82) is 0 Å². The lowest BCUT2D eigenvalue weighted by molar-refractivity contribution is -0.126. The second kappa shape index (κ2) is 8.78. The van der Waals surface area contributed by atoms with Crippen molar-refractivity contribution in [3.8, 4) is 11.5 Å². The van der Waals surface area contributed by atoms with E-state index in [2.05, 4.69) is 17.4 Å². The number of nitrogens with one attached hydrogen (secondary N) is 1. The van der Waals surface area contributed by atoms with E-state index in [1.165, 1.54) is 17.5 Å². The van der Waals surface area contributed by atoms with Gasteiger partial charge in [-0.1, -0.05) is 12.1 Å². The molecule has 1 unspecified atom stereocenters. The molecule has 6 nitrogen and oxygen atoms in total. The van der Waals surface area contributed by atoms with Crippen molar-refractivity contribution in [3.63, 3.8) is 0 Å². The Kier molecular flexibility index (Phi) is 5.93. The fourth-order valence-electron chi connectivity index (χ4n) is 4.29. The minimum atomic E-state index is -0.338. The Labute approximate surface area is 177 Å². The van der Waals surface area contributed by atoms with Crippen LogP contribution < -0.4 is 19.7 Å². The Bertz CT molecular complexity index is 956. The van der Waals surface area contributed by atoms with Gasteiger partial charge in [-0.05, 0) is 67.1 Å². The maximum absolute atomic E-state index is 12.7. The maximum Gasteiger partial charge on any atom is 0.227 e. The van der Waals surface area contributed by atoms with Crippen LogP contribution in [0.1, 0.15) is 36.5 Å². The van der Waals surface area contributed by atoms with E-state index >= 15 is 0 Å². The van der Waals surface area contributed by atoms with E-state index in [4.69, 9.17) is 9.47 Å². The normalized spacial score (nSPS) is 17.7. The van der Waals surface area contributed by atoms with Gasteiger partial charge in [-0.15, -0.1) is 0 Å². The molecule has 1 atom stereocenters. The summed E-state index contributed by atoms with van der Waals surface area (Å²) in [6, 6.07) is 11.9. The molecular weight excluding hydrogens is 380 g/mol. The highest BCUT2D eigenvalue weighted by Gasteiger charge is 2.35. The average molecular weight is 408 g/mol. The van der Waals surface area contributed by atoms with Crippen molar-refractivity contribution in [1.82, 2.24) is 5.32 Å². The number of nitrogens with zero attached hydrogens (tertiary/aromatic N) is 1. The van der Waals surface area contributed by atoms with Crippen LogP contribution in [0.3, 0.4) is 0 Å². The third-order valence-electron chi connectivity index (χ3n) is 5.88. The van der Waals surface area contributed by atoms with Gasteiger partial charge < -0.3 is 19.7 Å². The first-order chi connectivity index (χ1) is 14.6. The predicted molar refractivity (Wildman–Crippen MR) is 115 cm³/mol. The maximum atomic E-state index is 12.7. The van der Waals surface area contributed by atoms with Crippen LogP contribution in [-0.2, 0) is 29.0 Å². The molecule has 1 fully saturated rings. The second-order valence-electron chi connectivity index (χ2n) is 7.85. The van der Waals surface area contributed by atoms with Crippen LogP contribution in [-0.4, -0.2) is 32.1 Å². The summed E-state index contributed by atoms with van der Waals surface area (Å²) in [5.74, 6) is 0.898. The molecule has 30 heavy (non-hydrogen) atoms. The third kappa shape index (κ3) is 4.13. The van der Waals surface area contributed by atoms with Crippen LogP contribution in [0.25, 0.3) is 0 Å². The van der Waals surface area contributed by atoms with Crippen molar-refractivity contribution < 1.29 is 19.1 Å². The van der Waals surface area contributed by atoms with Crippen LogP contribution in [0.15, 0.2) is 36.4 Å². The smallest absolute Gasteiger partial charge is 0.227 e. The summed E-state index contributed by atoms with van der Waals surface area (Å²) in [6.45, 7) is 3.28. The summed E-state index contributed by atoms with van der Waals surface area (Å²) in [4.78, 5) is 27.0. The van der Waals surface area contributed by atoms with Crippen LogP contribution in [0.5, 0.6) is 11.5 Å². The van der Waals surface area contributed by atoms with Gasteiger partial charge in [-0.25, -0.2) is 0 Å². The molecule has 0 radical (unpaired) electrons. The number of aryl methyl sites for hydroxylation is 2. The first-order valence-corrected chi connectivity index (χ1v) is 10.6. The lowest BCUT2D eigenvalue weighted by atomic mass is 10.1. The zero-order valence-corrected chi connectivity index (χ0v) is 17.6. The Morgan fingerprint density at radius 3 is 2.77 bits per heavy atom. The lowest BCUT2D eigenvalue weighted by Gasteiger charge is -2.18. The first kappa shape index (κ1) is 20.3. The number of carbonyl (C=O) groups is 2. The van der Waals surface area contributed by atoms with E-state index in [1.54, 1.807) is 12.0 Å². The molecule has 158 valence electrons. The minimum Gasteiger partial charge on any atom is -0.493 e. The van der Waals surface area contributed by atoms with Gasteiger partial charge in [-0.2, -0.15) is 0 Å². The Hall–Kier alpha value is -3.02. The zero-order valence-electron chi connectivity index (χ0n) is 17.6. The molecule has 2 amide bonds. The van der Waals surface area contributed by atoms with E-state index in [9.17, 15) is 9.59 Å². The van der Waals surface area contributed by atoms with E-state index in [-0.39, 0.29) is 24.2 Å². The molecule has 1 N–H and O–H groups in total. The van der Waals surface area contributed by atoms with Gasteiger partial charge in [0.2, 0.25) is 11.8 Å². The van der Waals surface area contributed by atoms with Crippen molar-refractivity contribution >= 4 is 17.5 Å². The predicted octanol–water partition coefficient (Wildman–Crippen LogP) is 3.25. The zero-order chi connectivity index (χ0) is 21.1. The van der Waals surface area contributed by atoms with E-state index in [0.29, 0.717) is 31.2 Å². The molecule has 0 bridgehead atoms. The van der Waals surface area contributed by atoms with Crippen LogP contribution >= 0.6 is 0 Å². The number of hydrogen-bond acceptors (Lipinski definition) is 4. The molecule has 0 saturated carbocycles. The number of ether oxygens (including phenoxy) is 2. The molecule has 0 aromatic heterocycles. The Morgan fingerprint density at radius 2 is 1.97 bits per heavy atom. The number of hydrogen-bond donors (Lipinski definition) is 1. The van der Waals surface area contributed by atoms with Crippen molar-refractivity contribution in [3.05, 3.63) is 53.1 Å². The summed E-state index contributed by atoms with van der Waals surface area (Å²) < 4.78 is 10.9. The molecule has 6 heteroatoms. The van der Waals surface area contributed by atoms with E-state index in [1.807, 2.05) is 31.2 Å². The molecule has 1 saturated heterocycles. The molecule has 1 heterocycles. The number of methoxy groups -OCH3 is 1. The highest BCUT2D eigenvalue weighted by molar-refractivity contribution is 6.00. The number of rotatable bonds is 7. The fourth-order valence-corrected chi connectivity index (χ4v) is 4.29. The summed E-state index contributed by atoms with van der Waals surface area (Å²) in [7, 11) is 1.60. The fraction of sp³-hybridized carbons (Fsp3) is 0.417. The first-order valence-electron chi connectivity index (χ1n) is 10.6. The van der Waals surface area contributed by atoms with Crippen LogP contribution in [0.4, 0.5) is 5.69 Å². The molecule has 1 aliphatic carbocycles. The van der Waals surface area contributed by atoms with Crippen LogP contribution in [0, 0.1) is 5.92 Å².